The molecule has 0 bridgehead atoms. The highest BCUT2D eigenvalue weighted by Gasteiger charge is 2.19. The monoisotopic (exact) mass is 513 g/mol. The van der Waals surface area contributed by atoms with Crippen molar-refractivity contribution in [2.75, 3.05) is 0 Å². The fraction of sp³-hybridized carbons (Fsp3) is 0.0270. The number of fused-ring (bicyclic) bond motifs is 10. The average Bonchev–Trinajstić information content (AvgIpc) is 3.66. The van der Waals surface area contributed by atoms with Crippen LogP contribution >= 0.6 is 0 Å². The van der Waals surface area contributed by atoms with E-state index in [-0.39, 0.29) is 0 Å². The molecule has 0 aliphatic heterocycles. The number of hydrogen-bond acceptors (Lipinski definition) is 2. The second-order valence-corrected chi connectivity index (χ2v) is 10.7. The lowest BCUT2D eigenvalue weighted by atomic mass is 10.0. The first-order valence-corrected chi connectivity index (χ1v) is 13.6. The molecule has 3 aromatic heterocycles. The topological polar surface area (TPSA) is 31.2 Å². The quantitative estimate of drug-likeness (QED) is 0.230. The van der Waals surface area contributed by atoms with Gasteiger partial charge in [-0.2, -0.15) is 0 Å². The lowest BCUT2D eigenvalue weighted by molar-refractivity contribution is 0.669. The van der Waals surface area contributed by atoms with Crippen LogP contribution in [0.2, 0.25) is 0 Å². The van der Waals surface area contributed by atoms with Crippen molar-refractivity contribution < 1.29 is 8.83 Å². The van der Waals surface area contributed by atoms with Gasteiger partial charge in [-0.1, -0.05) is 66.2 Å². The maximum atomic E-state index is 6.50. The Hall–Kier alpha value is -5.28. The number of hydrogen-bond donors (Lipinski definition) is 0. The smallest absolute Gasteiger partial charge is 0.145 e. The molecule has 188 valence electrons. The molecule has 3 heteroatoms. The summed E-state index contributed by atoms with van der Waals surface area (Å²) in [5.74, 6) is 0. The minimum Gasteiger partial charge on any atom is -0.456 e. The van der Waals surface area contributed by atoms with E-state index < -0.39 is 0 Å². The Morgan fingerprint density at radius 2 is 1.20 bits per heavy atom. The van der Waals surface area contributed by atoms with Gasteiger partial charge in [0.2, 0.25) is 0 Å². The summed E-state index contributed by atoms with van der Waals surface area (Å²) in [7, 11) is 0. The minimum absolute atomic E-state index is 0.911. The van der Waals surface area contributed by atoms with Crippen molar-refractivity contribution in [1.82, 2.24) is 4.57 Å². The Morgan fingerprint density at radius 1 is 0.475 bits per heavy atom. The van der Waals surface area contributed by atoms with Gasteiger partial charge in [0.1, 0.15) is 22.3 Å². The molecule has 0 atom stereocenters. The van der Waals surface area contributed by atoms with Crippen LogP contribution in [0, 0.1) is 6.92 Å². The fourth-order valence-corrected chi connectivity index (χ4v) is 6.41. The summed E-state index contributed by atoms with van der Waals surface area (Å²) in [5.41, 5.74) is 10.7. The van der Waals surface area contributed by atoms with Gasteiger partial charge in [-0.25, -0.2) is 0 Å². The number of para-hydroxylation sites is 2. The Bertz CT molecular complexity index is 2450. The number of aryl methyl sites for hydroxylation is 1. The Morgan fingerprint density at radius 3 is 2.08 bits per heavy atom. The van der Waals surface area contributed by atoms with E-state index >= 15 is 0 Å². The molecule has 0 amide bonds. The fourth-order valence-electron chi connectivity index (χ4n) is 6.41. The molecule has 0 saturated carbocycles. The summed E-state index contributed by atoms with van der Waals surface area (Å²) in [6.07, 6.45) is 0. The zero-order chi connectivity index (χ0) is 26.4. The van der Waals surface area contributed by atoms with Crippen molar-refractivity contribution in [2.45, 2.75) is 6.92 Å². The van der Waals surface area contributed by atoms with Gasteiger partial charge >= 0.3 is 0 Å². The van der Waals surface area contributed by atoms with E-state index in [0.29, 0.717) is 0 Å². The summed E-state index contributed by atoms with van der Waals surface area (Å²) < 4.78 is 14.9. The standard InChI is InChI=1S/C37H23NO2/c1-22-13-16-31-30(19-22)36-32(17-15-28-26-9-2-5-12-34(26)40-37(28)36)38(31)25-8-6-7-23(20-25)24-14-18-35-29(21-24)27-10-3-4-11-33(27)39-35/h2-21H,1H3. The first-order chi connectivity index (χ1) is 19.7. The van der Waals surface area contributed by atoms with Crippen molar-refractivity contribution in [3.8, 4) is 16.8 Å². The third-order valence-corrected chi connectivity index (χ3v) is 8.24. The van der Waals surface area contributed by atoms with E-state index in [4.69, 9.17) is 8.83 Å². The molecular formula is C37H23NO2. The first-order valence-electron chi connectivity index (χ1n) is 13.6. The zero-order valence-electron chi connectivity index (χ0n) is 21.8. The molecule has 0 spiro atoms. The predicted molar refractivity (Wildman–Crippen MR) is 166 cm³/mol. The van der Waals surface area contributed by atoms with Crippen LogP contribution in [0.25, 0.3) is 82.5 Å². The molecule has 3 nitrogen and oxygen atoms in total. The van der Waals surface area contributed by atoms with Crippen LogP contribution in [0.15, 0.2) is 130 Å². The third kappa shape index (κ3) is 2.95. The Balaban J connectivity index is 1.31. The third-order valence-electron chi connectivity index (χ3n) is 8.24. The van der Waals surface area contributed by atoms with Crippen molar-refractivity contribution in [3.63, 3.8) is 0 Å². The SMILES string of the molecule is Cc1ccc2c(c1)c1c3oc4ccccc4c3ccc1n2-c1cccc(-c2ccc3oc4ccccc4c3c2)c1. The summed E-state index contributed by atoms with van der Waals surface area (Å²) in [5, 5.41) is 6.94. The number of benzene rings is 6. The van der Waals surface area contributed by atoms with Crippen LogP contribution < -0.4 is 0 Å². The number of furan rings is 2. The van der Waals surface area contributed by atoms with E-state index in [9.17, 15) is 0 Å². The number of nitrogens with zero attached hydrogens (tertiary/aromatic N) is 1. The summed E-state index contributed by atoms with van der Waals surface area (Å²) in [4.78, 5) is 0. The van der Waals surface area contributed by atoms with Crippen LogP contribution in [-0.4, -0.2) is 4.57 Å². The molecule has 6 aromatic carbocycles. The second kappa shape index (κ2) is 7.87. The van der Waals surface area contributed by atoms with E-state index in [1.54, 1.807) is 0 Å². The molecule has 40 heavy (non-hydrogen) atoms. The molecule has 0 aliphatic rings. The van der Waals surface area contributed by atoms with Gasteiger partial charge in [-0.15, -0.1) is 0 Å². The Labute approximate surface area is 229 Å². The van der Waals surface area contributed by atoms with Crippen LogP contribution in [0.4, 0.5) is 0 Å². The molecule has 9 rings (SSSR count). The van der Waals surface area contributed by atoms with Gasteiger partial charge in [-0.3, -0.25) is 0 Å². The zero-order valence-corrected chi connectivity index (χ0v) is 21.8. The molecule has 0 aliphatic carbocycles. The van der Waals surface area contributed by atoms with Crippen LogP contribution in [-0.2, 0) is 0 Å². The normalized spacial score (nSPS) is 12.1. The summed E-state index contributed by atoms with van der Waals surface area (Å²) in [6.45, 7) is 2.15. The van der Waals surface area contributed by atoms with Crippen LogP contribution in [0.1, 0.15) is 5.56 Å². The van der Waals surface area contributed by atoms with Gasteiger partial charge in [-0.05, 0) is 78.7 Å². The lowest BCUT2D eigenvalue weighted by Crippen LogP contribution is -1.94. The minimum atomic E-state index is 0.911. The molecular weight excluding hydrogens is 490 g/mol. The predicted octanol–water partition coefficient (Wildman–Crippen LogP) is 10.6. The van der Waals surface area contributed by atoms with Gasteiger partial charge in [0.25, 0.3) is 0 Å². The van der Waals surface area contributed by atoms with Crippen molar-refractivity contribution >= 4 is 65.7 Å². The second-order valence-electron chi connectivity index (χ2n) is 10.7. The maximum Gasteiger partial charge on any atom is 0.145 e. The van der Waals surface area contributed by atoms with Gasteiger partial charge in [0.05, 0.1) is 16.4 Å². The van der Waals surface area contributed by atoms with Gasteiger partial charge < -0.3 is 13.4 Å². The van der Waals surface area contributed by atoms with E-state index in [0.717, 1.165) is 71.6 Å². The Kier molecular flexibility index (Phi) is 4.26. The van der Waals surface area contributed by atoms with Crippen molar-refractivity contribution in [2.24, 2.45) is 0 Å². The number of rotatable bonds is 2. The van der Waals surface area contributed by atoms with Gasteiger partial charge in [0, 0.05) is 32.6 Å². The molecule has 0 fully saturated rings. The number of aromatic nitrogens is 1. The van der Waals surface area contributed by atoms with E-state index in [2.05, 4.69) is 115 Å². The van der Waals surface area contributed by atoms with Crippen molar-refractivity contribution in [1.29, 1.82) is 0 Å². The van der Waals surface area contributed by atoms with Gasteiger partial charge in [0.15, 0.2) is 0 Å². The maximum absolute atomic E-state index is 6.50. The molecule has 0 radical (unpaired) electrons. The highest BCUT2D eigenvalue weighted by atomic mass is 16.3. The largest absolute Gasteiger partial charge is 0.456 e. The molecule has 0 N–H and O–H groups in total. The van der Waals surface area contributed by atoms with E-state index in [1.807, 2.05) is 18.2 Å². The first kappa shape index (κ1) is 21.6. The van der Waals surface area contributed by atoms with E-state index in [1.165, 1.54) is 16.5 Å². The molecule has 0 saturated heterocycles. The summed E-state index contributed by atoms with van der Waals surface area (Å²) in [6, 6.07) is 43.0. The average molecular weight is 514 g/mol. The highest BCUT2D eigenvalue weighted by molar-refractivity contribution is 6.24. The van der Waals surface area contributed by atoms with Crippen LogP contribution in [0.5, 0.6) is 0 Å². The summed E-state index contributed by atoms with van der Waals surface area (Å²) >= 11 is 0. The molecule has 0 unspecified atom stereocenters. The highest BCUT2D eigenvalue weighted by Crippen LogP contribution is 2.41. The van der Waals surface area contributed by atoms with Crippen LogP contribution in [0.3, 0.4) is 0 Å². The molecule has 3 heterocycles. The molecule has 9 aromatic rings. The lowest BCUT2D eigenvalue weighted by Gasteiger charge is -2.10. The van der Waals surface area contributed by atoms with Crippen molar-refractivity contribution in [3.05, 3.63) is 127 Å².